The number of benzene rings is 2. The summed E-state index contributed by atoms with van der Waals surface area (Å²) < 4.78 is 11.2. The Morgan fingerprint density at radius 1 is 1.30 bits per heavy atom. The van der Waals surface area contributed by atoms with Gasteiger partial charge in [0.05, 0.1) is 24.8 Å². The van der Waals surface area contributed by atoms with Gasteiger partial charge in [0.15, 0.2) is 6.04 Å². The first-order valence-corrected chi connectivity index (χ1v) is 10.0. The summed E-state index contributed by atoms with van der Waals surface area (Å²) in [4.78, 5) is 12.9. The molecule has 0 aliphatic rings. The second-order valence-electron chi connectivity index (χ2n) is 6.61. The molecule has 0 spiro atoms. The van der Waals surface area contributed by atoms with Crippen molar-refractivity contribution in [3.05, 3.63) is 71.3 Å². The van der Waals surface area contributed by atoms with E-state index < -0.39 is 12.0 Å². The smallest absolute Gasteiger partial charge is 0.333 e. The van der Waals surface area contributed by atoms with Crippen molar-refractivity contribution in [1.29, 1.82) is 5.26 Å². The van der Waals surface area contributed by atoms with E-state index in [1.54, 1.807) is 37.3 Å². The third-order valence-corrected chi connectivity index (χ3v) is 4.52. The lowest BCUT2D eigenvalue weighted by atomic mass is 9.95. The molecule has 0 saturated heterocycles. The summed E-state index contributed by atoms with van der Waals surface area (Å²) in [5.74, 6) is 0.105. The number of anilines is 1. The van der Waals surface area contributed by atoms with Crippen LogP contribution in [0.4, 0.5) is 5.69 Å². The van der Waals surface area contributed by atoms with Crippen molar-refractivity contribution >= 4 is 11.7 Å². The second kappa shape index (κ2) is 11.6. The van der Waals surface area contributed by atoms with E-state index in [-0.39, 0.29) is 19.8 Å². The van der Waals surface area contributed by atoms with Gasteiger partial charge in [-0.15, -0.1) is 6.58 Å². The van der Waals surface area contributed by atoms with Crippen molar-refractivity contribution in [2.75, 3.05) is 25.1 Å². The summed E-state index contributed by atoms with van der Waals surface area (Å²) in [6.07, 6.45) is 3.12. The third kappa shape index (κ3) is 5.85. The van der Waals surface area contributed by atoms with Crippen molar-refractivity contribution in [2.45, 2.75) is 32.7 Å². The number of aliphatic hydroxyl groups excluding tert-OH is 1. The van der Waals surface area contributed by atoms with Gasteiger partial charge >= 0.3 is 5.97 Å². The number of hydrogen-bond donors (Lipinski definition) is 2. The molecule has 2 aromatic rings. The fraction of sp³-hybridized carbons (Fsp3) is 0.333. The highest BCUT2D eigenvalue weighted by Gasteiger charge is 2.27. The second-order valence-corrected chi connectivity index (χ2v) is 6.61. The maximum atomic E-state index is 12.9. The fourth-order valence-corrected chi connectivity index (χ4v) is 3.13. The minimum Gasteiger partial charge on any atom is -0.491 e. The lowest BCUT2D eigenvalue weighted by Crippen LogP contribution is -2.25. The molecule has 2 N–H and O–H groups in total. The number of allylic oxidation sites excluding steroid dienone is 1. The number of hydrogen-bond acceptors (Lipinski definition) is 6. The Balaban J connectivity index is 2.58. The van der Waals surface area contributed by atoms with Gasteiger partial charge in [0.25, 0.3) is 0 Å². The largest absolute Gasteiger partial charge is 0.491 e. The summed E-state index contributed by atoms with van der Waals surface area (Å²) >= 11 is 0. The van der Waals surface area contributed by atoms with Gasteiger partial charge in [-0.25, -0.2) is 4.79 Å². The number of carbonyl (C=O) groups excluding carboxylic acids is 1. The third-order valence-electron chi connectivity index (χ3n) is 4.52. The normalized spacial score (nSPS) is 11.3. The van der Waals surface area contributed by atoms with Gasteiger partial charge in [-0.1, -0.05) is 19.1 Å². The molecule has 0 saturated carbocycles. The van der Waals surface area contributed by atoms with Gasteiger partial charge < -0.3 is 19.9 Å². The minimum atomic E-state index is -0.818. The maximum absolute atomic E-state index is 12.9. The van der Waals surface area contributed by atoms with E-state index in [1.807, 2.05) is 19.1 Å². The van der Waals surface area contributed by atoms with Gasteiger partial charge in [0, 0.05) is 11.3 Å². The minimum absolute atomic E-state index is 0.106. The van der Waals surface area contributed by atoms with Crippen LogP contribution in [0.15, 0.2) is 49.1 Å². The van der Waals surface area contributed by atoms with Crippen LogP contribution in [-0.4, -0.2) is 30.9 Å². The van der Waals surface area contributed by atoms with E-state index in [0.717, 1.165) is 17.5 Å². The number of aryl methyl sites for hydroxylation is 1. The van der Waals surface area contributed by atoms with Crippen LogP contribution in [0, 0.1) is 11.3 Å². The number of rotatable bonds is 11. The number of nitriles is 1. The van der Waals surface area contributed by atoms with Crippen LogP contribution >= 0.6 is 0 Å². The summed E-state index contributed by atoms with van der Waals surface area (Å²) in [5.41, 5.74) is 3.79. The fourth-order valence-electron chi connectivity index (χ4n) is 3.13. The molecule has 0 aliphatic heterocycles. The van der Waals surface area contributed by atoms with Crippen LogP contribution in [0.25, 0.3) is 0 Å². The zero-order valence-corrected chi connectivity index (χ0v) is 17.5. The predicted molar refractivity (Wildman–Crippen MR) is 116 cm³/mol. The lowest BCUT2D eigenvalue weighted by Gasteiger charge is -2.24. The van der Waals surface area contributed by atoms with Gasteiger partial charge in [-0.3, -0.25) is 0 Å². The van der Waals surface area contributed by atoms with E-state index in [0.29, 0.717) is 29.0 Å². The molecule has 0 aromatic heterocycles. The Labute approximate surface area is 177 Å². The highest BCUT2D eigenvalue weighted by molar-refractivity contribution is 5.82. The van der Waals surface area contributed by atoms with Crippen molar-refractivity contribution in [3.63, 3.8) is 0 Å². The first-order chi connectivity index (χ1) is 14.6. The number of carbonyl (C=O) groups is 1. The Morgan fingerprint density at radius 2 is 2.03 bits per heavy atom. The Morgan fingerprint density at radius 3 is 2.60 bits per heavy atom. The molecular formula is C24H28N2O4. The summed E-state index contributed by atoms with van der Waals surface area (Å²) in [7, 11) is 0. The molecular weight excluding hydrogens is 380 g/mol. The monoisotopic (exact) mass is 408 g/mol. The Kier molecular flexibility index (Phi) is 8.92. The summed E-state index contributed by atoms with van der Waals surface area (Å²) in [5, 5.41) is 21.5. The van der Waals surface area contributed by atoms with Crippen LogP contribution in [0.2, 0.25) is 0 Å². The molecule has 0 fully saturated rings. The van der Waals surface area contributed by atoms with Crippen LogP contribution in [0.5, 0.6) is 5.75 Å². The molecule has 30 heavy (non-hydrogen) atoms. The molecule has 6 nitrogen and oxygen atoms in total. The average molecular weight is 408 g/mol. The highest BCUT2D eigenvalue weighted by atomic mass is 16.5. The molecule has 1 atom stereocenters. The lowest BCUT2D eigenvalue weighted by molar-refractivity contribution is -0.144. The van der Waals surface area contributed by atoms with E-state index in [2.05, 4.69) is 18.0 Å². The van der Waals surface area contributed by atoms with Crippen LogP contribution in [0.1, 0.15) is 42.1 Å². The van der Waals surface area contributed by atoms with Gasteiger partial charge in [-0.05, 0) is 61.2 Å². The zero-order valence-electron chi connectivity index (χ0n) is 17.5. The SMILES string of the molecule is C=CCc1cc(CC)cc(C(Nc2ccc(C#N)cc2)C(=O)OCC)c1OCCO. The average Bonchev–Trinajstić information content (AvgIpc) is 2.77. The Hall–Kier alpha value is -3.30. The standard InChI is InChI=1S/C24H28N2O4/c1-4-7-19-14-17(5-2)15-21(23(19)30-13-12-27)22(24(28)29-6-3)26-20-10-8-18(16-25)9-11-20/h4,8-11,14-15,22,26-27H,1,5-7,12-13H2,2-3H3. The van der Waals surface area contributed by atoms with Crippen molar-refractivity contribution in [1.82, 2.24) is 0 Å². The molecule has 0 aliphatic carbocycles. The van der Waals surface area contributed by atoms with Gasteiger partial charge in [-0.2, -0.15) is 5.26 Å². The number of nitrogens with zero attached hydrogens (tertiary/aromatic N) is 1. The number of nitrogens with one attached hydrogen (secondary N) is 1. The van der Waals surface area contributed by atoms with Gasteiger partial charge in [0.2, 0.25) is 0 Å². The first-order valence-electron chi connectivity index (χ1n) is 10.0. The quantitative estimate of drug-likeness (QED) is 0.432. The van der Waals surface area contributed by atoms with E-state index in [9.17, 15) is 9.90 Å². The van der Waals surface area contributed by atoms with E-state index in [1.165, 1.54) is 0 Å². The number of ether oxygens (including phenoxy) is 2. The maximum Gasteiger partial charge on any atom is 0.333 e. The van der Waals surface area contributed by atoms with Crippen molar-refractivity contribution in [2.24, 2.45) is 0 Å². The molecule has 1 unspecified atom stereocenters. The molecule has 2 rings (SSSR count). The van der Waals surface area contributed by atoms with Crippen LogP contribution in [0.3, 0.4) is 0 Å². The van der Waals surface area contributed by atoms with Gasteiger partial charge in [0.1, 0.15) is 12.4 Å². The first kappa shape index (κ1) is 23.0. The molecule has 2 aromatic carbocycles. The summed E-state index contributed by atoms with van der Waals surface area (Å²) in [6.45, 7) is 7.82. The van der Waals surface area contributed by atoms with Crippen LogP contribution in [-0.2, 0) is 22.4 Å². The van der Waals surface area contributed by atoms with E-state index >= 15 is 0 Å². The van der Waals surface area contributed by atoms with Crippen molar-refractivity contribution < 1.29 is 19.4 Å². The molecule has 0 radical (unpaired) electrons. The zero-order chi connectivity index (χ0) is 21.9. The molecule has 0 amide bonds. The molecule has 158 valence electrons. The molecule has 0 bridgehead atoms. The topological polar surface area (TPSA) is 91.6 Å². The van der Waals surface area contributed by atoms with Crippen molar-refractivity contribution in [3.8, 4) is 11.8 Å². The van der Waals surface area contributed by atoms with Crippen LogP contribution < -0.4 is 10.1 Å². The summed E-state index contributed by atoms with van der Waals surface area (Å²) in [6, 6.07) is 12.1. The predicted octanol–water partition coefficient (Wildman–Crippen LogP) is 3.94. The highest BCUT2D eigenvalue weighted by Crippen LogP contribution is 2.34. The molecule has 6 heteroatoms. The number of esters is 1. The molecule has 0 heterocycles. The number of aliphatic hydroxyl groups is 1. The Bertz CT molecular complexity index is 901. The van der Waals surface area contributed by atoms with E-state index in [4.69, 9.17) is 14.7 Å².